The van der Waals surface area contributed by atoms with Gasteiger partial charge in [0.25, 0.3) is 0 Å². The summed E-state index contributed by atoms with van der Waals surface area (Å²) in [5.74, 6) is -0.602. The van der Waals surface area contributed by atoms with Gasteiger partial charge in [-0.1, -0.05) is 6.07 Å². The van der Waals surface area contributed by atoms with Gasteiger partial charge in [-0.15, -0.1) is 0 Å². The van der Waals surface area contributed by atoms with Crippen molar-refractivity contribution in [2.75, 3.05) is 57.2 Å². The molecule has 0 saturated carbocycles. The second-order valence-electron chi connectivity index (χ2n) is 7.51. The number of carboxylic acid groups (broad SMARTS) is 1. The highest BCUT2D eigenvalue weighted by Gasteiger charge is 2.26. The summed E-state index contributed by atoms with van der Waals surface area (Å²) in [6.07, 6.45) is -0.0781. The number of nitrogens with zero attached hydrogens (tertiary/aromatic N) is 2. The fourth-order valence-electron chi connectivity index (χ4n) is 3.66. The van der Waals surface area contributed by atoms with E-state index in [0.29, 0.717) is 18.0 Å². The van der Waals surface area contributed by atoms with Crippen molar-refractivity contribution in [3.8, 4) is 11.5 Å². The molecule has 0 aliphatic carbocycles. The summed E-state index contributed by atoms with van der Waals surface area (Å²) in [5, 5.41) is 12.4. The van der Waals surface area contributed by atoms with Gasteiger partial charge in [-0.25, -0.2) is 0 Å². The van der Waals surface area contributed by atoms with E-state index < -0.39 is 11.9 Å². The van der Waals surface area contributed by atoms with E-state index in [9.17, 15) is 14.7 Å². The largest absolute Gasteiger partial charge is 0.497 e. The summed E-state index contributed by atoms with van der Waals surface area (Å²) in [6, 6.07) is 14.9. The molecule has 1 amide bonds. The van der Waals surface area contributed by atoms with E-state index in [1.54, 1.807) is 38.5 Å². The highest BCUT2D eigenvalue weighted by molar-refractivity contribution is 5.93. The summed E-state index contributed by atoms with van der Waals surface area (Å²) in [7, 11) is 3.19. The van der Waals surface area contributed by atoms with Crippen LogP contribution in [-0.2, 0) is 9.59 Å². The molecule has 1 heterocycles. The molecule has 1 saturated heterocycles. The van der Waals surface area contributed by atoms with Crippen molar-refractivity contribution in [2.24, 2.45) is 5.92 Å². The smallest absolute Gasteiger partial charge is 0.308 e. The molecule has 31 heavy (non-hydrogen) atoms. The standard InChI is InChI=1S/C23H29N3O5/c1-30-20-8-6-19(7-9-20)26-12-10-25(11-13-26)16-17(23(28)29)14-22(27)24-18-4-3-5-21(15-18)31-2/h3-9,15,17H,10-14,16H2,1-2H3,(H,24,27)(H,28,29). The normalized spacial score (nSPS) is 15.2. The quantitative estimate of drug-likeness (QED) is 0.635. The number of piperazine rings is 1. The van der Waals surface area contributed by atoms with Crippen LogP contribution in [0.4, 0.5) is 11.4 Å². The first-order valence-electron chi connectivity index (χ1n) is 10.3. The van der Waals surface area contributed by atoms with Crippen LogP contribution in [0.3, 0.4) is 0 Å². The van der Waals surface area contributed by atoms with Crippen LogP contribution in [0.15, 0.2) is 48.5 Å². The van der Waals surface area contributed by atoms with Crippen LogP contribution in [-0.4, -0.2) is 68.8 Å². The summed E-state index contributed by atoms with van der Waals surface area (Å²) in [4.78, 5) is 28.5. The second kappa shape index (κ2) is 10.7. The summed E-state index contributed by atoms with van der Waals surface area (Å²) in [5.41, 5.74) is 1.70. The molecule has 0 aromatic heterocycles. The molecule has 8 nitrogen and oxygen atoms in total. The Hall–Kier alpha value is -3.26. The molecule has 166 valence electrons. The monoisotopic (exact) mass is 427 g/mol. The van der Waals surface area contributed by atoms with Gasteiger partial charge in [0, 0.05) is 56.6 Å². The minimum absolute atomic E-state index is 0.0781. The van der Waals surface area contributed by atoms with Crippen LogP contribution in [0.1, 0.15) is 6.42 Å². The molecule has 8 heteroatoms. The Morgan fingerprint density at radius 2 is 1.68 bits per heavy atom. The maximum absolute atomic E-state index is 12.4. The molecule has 1 unspecified atom stereocenters. The SMILES string of the molecule is COc1ccc(N2CCN(CC(CC(=O)Nc3cccc(OC)c3)C(=O)O)CC2)cc1. The topological polar surface area (TPSA) is 91.3 Å². The van der Waals surface area contributed by atoms with Gasteiger partial charge in [-0.3, -0.25) is 14.5 Å². The Balaban J connectivity index is 1.50. The van der Waals surface area contributed by atoms with Gasteiger partial charge in [0.2, 0.25) is 5.91 Å². The Morgan fingerprint density at radius 1 is 1.00 bits per heavy atom. The van der Waals surface area contributed by atoms with E-state index in [4.69, 9.17) is 9.47 Å². The van der Waals surface area contributed by atoms with Crippen molar-refractivity contribution in [2.45, 2.75) is 6.42 Å². The molecule has 2 aromatic carbocycles. The number of hydrogen-bond acceptors (Lipinski definition) is 6. The third-order valence-corrected chi connectivity index (χ3v) is 5.42. The van der Waals surface area contributed by atoms with Gasteiger partial charge < -0.3 is 24.8 Å². The molecule has 2 aromatic rings. The fourth-order valence-corrected chi connectivity index (χ4v) is 3.66. The number of carboxylic acids is 1. The van der Waals surface area contributed by atoms with E-state index in [-0.39, 0.29) is 12.3 Å². The zero-order valence-corrected chi connectivity index (χ0v) is 17.9. The number of carbonyl (C=O) groups is 2. The van der Waals surface area contributed by atoms with Crippen molar-refractivity contribution >= 4 is 23.3 Å². The van der Waals surface area contributed by atoms with Gasteiger partial charge in [0.1, 0.15) is 11.5 Å². The molecule has 0 bridgehead atoms. The van der Waals surface area contributed by atoms with Crippen molar-refractivity contribution in [3.63, 3.8) is 0 Å². The van der Waals surface area contributed by atoms with Crippen LogP contribution in [0.5, 0.6) is 11.5 Å². The Labute approximate surface area is 182 Å². The lowest BCUT2D eigenvalue weighted by atomic mass is 10.0. The van der Waals surface area contributed by atoms with Gasteiger partial charge in [-0.2, -0.15) is 0 Å². The maximum atomic E-state index is 12.4. The molecular weight excluding hydrogens is 398 g/mol. The van der Waals surface area contributed by atoms with Crippen molar-refractivity contribution in [1.82, 2.24) is 4.90 Å². The van der Waals surface area contributed by atoms with E-state index in [1.165, 1.54) is 0 Å². The van der Waals surface area contributed by atoms with E-state index in [1.807, 2.05) is 24.3 Å². The Kier molecular flexibility index (Phi) is 7.72. The molecule has 3 rings (SSSR count). The van der Waals surface area contributed by atoms with Crippen LogP contribution < -0.4 is 19.7 Å². The summed E-state index contributed by atoms with van der Waals surface area (Å²) in [6.45, 7) is 3.43. The summed E-state index contributed by atoms with van der Waals surface area (Å²) >= 11 is 0. The third-order valence-electron chi connectivity index (χ3n) is 5.42. The first kappa shape index (κ1) is 22.4. The molecule has 1 fully saturated rings. The van der Waals surface area contributed by atoms with Crippen molar-refractivity contribution in [1.29, 1.82) is 0 Å². The molecule has 1 aliphatic rings. The first-order valence-corrected chi connectivity index (χ1v) is 10.3. The molecule has 0 spiro atoms. The van der Waals surface area contributed by atoms with Crippen LogP contribution in [0.2, 0.25) is 0 Å². The van der Waals surface area contributed by atoms with Crippen molar-refractivity contribution in [3.05, 3.63) is 48.5 Å². The minimum Gasteiger partial charge on any atom is -0.497 e. The van der Waals surface area contributed by atoms with Gasteiger partial charge in [0.15, 0.2) is 0 Å². The summed E-state index contributed by atoms with van der Waals surface area (Å²) < 4.78 is 10.3. The predicted octanol–water partition coefficient (Wildman–Crippen LogP) is 2.56. The third kappa shape index (κ3) is 6.36. The fraction of sp³-hybridized carbons (Fsp3) is 0.391. The zero-order chi connectivity index (χ0) is 22.2. The van der Waals surface area contributed by atoms with Crippen LogP contribution in [0.25, 0.3) is 0 Å². The van der Waals surface area contributed by atoms with E-state index in [0.717, 1.165) is 37.6 Å². The number of methoxy groups -OCH3 is 2. The Morgan fingerprint density at radius 3 is 2.29 bits per heavy atom. The number of hydrogen-bond donors (Lipinski definition) is 2. The Bertz CT molecular complexity index is 879. The second-order valence-corrected chi connectivity index (χ2v) is 7.51. The number of benzene rings is 2. The number of anilines is 2. The lowest BCUT2D eigenvalue weighted by Gasteiger charge is -2.37. The highest BCUT2D eigenvalue weighted by Crippen LogP contribution is 2.21. The first-order chi connectivity index (χ1) is 15.0. The zero-order valence-electron chi connectivity index (χ0n) is 17.9. The highest BCUT2D eigenvalue weighted by atomic mass is 16.5. The van der Waals surface area contributed by atoms with Crippen LogP contribution >= 0.6 is 0 Å². The lowest BCUT2D eigenvalue weighted by Crippen LogP contribution is -2.48. The molecule has 2 N–H and O–H groups in total. The lowest BCUT2D eigenvalue weighted by molar-refractivity contribution is -0.144. The number of nitrogens with one attached hydrogen (secondary N) is 1. The maximum Gasteiger partial charge on any atom is 0.308 e. The predicted molar refractivity (Wildman–Crippen MR) is 119 cm³/mol. The van der Waals surface area contributed by atoms with Gasteiger partial charge in [0.05, 0.1) is 20.1 Å². The molecular formula is C23H29N3O5. The number of aliphatic carboxylic acids is 1. The van der Waals surface area contributed by atoms with Crippen LogP contribution in [0, 0.1) is 5.92 Å². The number of amides is 1. The molecule has 1 atom stereocenters. The average molecular weight is 428 g/mol. The van der Waals surface area contributed by atoms with Gasteiger partial charge in [-0.05, 0) is 36.4 Å². The average Bonchev–Trinajstić information content (AvgIpc) is 2.79. The number of ether oxygens (including phenoxy) is 2. The minimum atomic E-state index is -0.960. The van der Waals surface area contributed by atoms with Crippen molar-refractivity contribution < 1.29 is 24.2 Å². The number of carbonyl (C=O) groups excluding carboxylic acids is 1. The van der Waals surface area contributed by atoms with Gasteiger partial charge >= 0.3 is 5.97 Å². The molecule has 1 aliphatic heterocycles. The molecule has 0 radical (unpaired) electrons. The van der Waals surface area contributed by atoms with E-state index in [2.05, 4.69) is 15.1 Å². The number of rotatable bonds is 9. The van der Waals surface area contributed by atoms with E-state index >= 15 is 0 Å².